The van der Waals surface area contributed by atoms with Crippen LogP contribution in [0.25, 0.3) is 5.57 Å². The molecule has 32 heavy (non-hydrogen) atoms. The molecule has 0 atom stereocenters. The third-order valence-electron chi connectivity index (χ3n) is 4.96. The summed E-state index contributed by atoms with van der Waals surface area (Å²) >= 11 is 6.03. The zero-order valence-corrected chi connectivity index (χ0v) is 18.3. The normalized spacial score (nSPS) is 13.5. The van der Waals surface area contributed by atoms with Crippen LogP contribution in [0.4, 0.5) is 11.4 Å². The first-order valence-corrected chi connectivity index (χ1v) is 10.4. The standard InChI is InChI=1S/C25H21ClN2O4/c1-3-32-21-6-4-5-19(15-21)28-24(29)22(16-7-9-17(26)10-8-16)23(25(28)30)27-18-11-13-20(31-2)14-12-18/h4-15,27H,3H2,1-2H3. The molecule has 0 spiro atoms. The summed E-state index contributed by atoms with van der Waals surface area (Å²) in [6.45, 7) is 2.35. The van der Waals surface area contributed by atoms with E-state index in [1.54, 1.807) is 79.9 Å². The Balaban J connectivity index is 1.77. The number of imide groups is 1. The van der Waals surface area contributed by atoms with E-state index in [4.69, 9.17) is 21.1 Å². The third kappa shape index (κ3) is 4.18. The van der Waals surface area contributed by atoms with Crippen molar-refractivity contribution in [2.24, 2.45) is 0 Å². The molecule has 3 aromatic rings. The van der Waals surface area contributed by atoms with Gasteiger partial charge in [0.25, 0.3) is 11.8 Å². The van der Waals surface area contributed by atoms with Gasteiger partial charge in [-0.25, -0.2) is 4.90 Å². The molecule has 0 saturated carbocycles. The van der Waals surface area contributed by atoms with Crippen molar-refractivity contribution in [1.82, 2.24) is 0 Å². The molecular weight excluding hydrogens is 428 g/mol. The maximum absolute atomic E-state index is 13.5. The van der Waals surface area contributed by atoms with Gasteiger partial charge in [-0.05, 0) is 61.0 Å². The molecule has 3 aromatic carbocycles. The van der Waals surface area contributed by atoms with Gasteiger partial charge in [-0.15, -0.1) is 0 Å². The minimum atomic E-state index is -0.454. The molecule has 0 bridgehead atoms. The number of hydrogen-bond donors (Lipinski definition) is 1. The van der Waals surface area contributed by atoms with Gasteiger partial charge in [0.15, 0.2) is 0 Å². The van der Waals surface area contributed by atoms with Gasteiger partial charge in [-0.3, -0.25) is 9.59 Å². The number of nitrogens with one attached hydrogen (secondary N) is 1. The second-order valence-electron chi connectivity index (χ2n) is 6.99. The molecule has 1 heterocycles. The zero-order valence-electron chi connectivity index (χ0n) is 17.6. The summed E-state index contributed by atoms with van der Waals surface area (Å²) in [4.78, 5) is 28.1. The van der Waals surface area contributed by atoms with Crippen molar-refractivity contribution >= 4 is 40.4 Å². The fourth-order valence-corrected chi connectivity index (χ4v) is 3.59. The van der Waals surface area contributed by atoms with Gasteiger partial charge in [0.1, 0.15) is 17.2 Å². The van der Waals surface area contributed by atoms with Crippen molar-refractivity contribution in [3.63, 3.8) is 0 Å². The topological polar surface area (TPSA) is 67.9 Å². The molecule has 162 valence electrons. The second kappa shape index (κ2) is 9.16. The fraction of sp³-hybridized carbons (Fsp3) is 0.120. The number of amides is 2. The van der Waals surface area contributed by atoms with E-state index in [9.17, 15) is 9.59 Å². The zero-order chi connectivity index (χ0) is 22.7. The predicted octanol–water partition coefficient (Wildman–Crippen LogP) is 5.14. The summed E-state index contributed by atoms with van der Waals surface area (Å²) in [6.07, 6.45) is 0. The summed E-state index contributed by atoms with van der Waals surface area (Å²) in [5.74, 6) is 0.382. The molecule has 0 radical (unpaired) electrons. The molecule has 4 rings (SSSR count). The summed E-state index contributed by atoms with van der Waals surface area (Å²) < 4.78 is 10.7. The van der Waals surface area contributed by atoms with Crippen LogP contribution in [0, 0.1) is 0 Å². The van der Waals surface area contributed by atoms with Crippen LogP contribution in [-0.4, -0.2) is 25.5 Å². The van der Waals surface area contributed by atoms with E-state index in [-0.39, 0.29) is 11.3 Å². The van der Waals surface area contributed by atoms with Crippen LogP contribution in [0.1, 0.15) is 12.5 Å². The molecule has 1 aliphatic heterocycles. The Morgan fingerprint density at radius 2 is 1.62 bits per heavy atom. The molecule has 1 N–H and O–H groups in total. The van der Waals surface area contributed by atoms with E-state index in [0.717, 1.165) is 4.90 Å². The lowest BCUT2D eigenvalue weighted by Gasteiger charge is -2.16. The quantitative estimate of drug-likeness (QED) is 0.506. The monoisotopic (exact) mass is 448 g/mol. The summed E-state index contributed by atoms with van der Waals surface area (Å²) in [5.41, 5.74) is 2.13. The van der Waals surface area contributed by atoms with Crippen LogP contribution in [0.2, 0.25) is 5.02 Å². The van der Waals surface area contributed by atoms with Gasteiger partial charge < -0.3 is 14.8 Å². The summed E-state index contributed by atoms with van der Waals surface area (Å²) in [6, 6.07) is 20.8. The highest BCUT2D eigenvalue weighted by Gasteiger charge is 2.40. The van der Waals surface area contributed by atoms with Crippen molar-refractivity contribution in [1.29, 1.82) is 0 Å². The highest BCUT2D eigenvalue weighted by atomic mass is 35.5. The minimum Gasteiger partial charge on any atom is -0.497 e. The van der Waals surface area contributed by atoms with Gasteiger partial charge in [-0.1, -0.05) is 29.8 Å². The van der Waals surface area contributed by atoms with Crippen molar-refractivity contribution < 1.29 is 19.1 Å². The number of anilines is 2. The molecule has 6 nitrogen and oxygen atoms in total. The summed E-state index contributed by atoms with van der Waals surface area (Å²) in [5, 5.41) is 3.66. The first-order valence-electron chi connectivity index (χ1n) is 10.0. The van der Waals surface area contributed by atoms with E-state index in [2.05, 4.69) is 5.32 Å². The van der Waals surface area contributed by atoms with Crippen molar-refractivity contribution in [2.75, 3.05) is 23.9 Å². The average molecular weight is 449 g/mol. The van der Waals surface area contributed by atoms with E-state index < -0.39 is 11.8 Å². The number of rotatable bonds is 7. The van der Waals surface area contributed by atoms with Crippen molar-refractivity contribution in [2.45, 2.75) is 6.92 Å². The third-order valence-corrected chi connectivity index (χ3v) is 5.21. The number of hydrogen-bond acceptors (Lipinski definition) is 5. The second-order valence-corrected chi connectivity index (χ2v) is 7.42. The van der Waals surface area contributed by atoms with Gasteiger partial charge in [-0.2, -0.15) is 0 Å². The Morgan fingerprint density at radius 3 is 2.28 bits per heavy atom. The highest BCUT2D eigenvalue weighted by Crippen LogP contribution is 2.35. The van der Waals surface area contributed by atoms with E-state index in [0.29, 0.717) is 40.1 Å². The predicted molar refractivity (Wildman–Crippen MR) is 125 cm³/mol. The fourth-order valence-electron chi connectivity index (χ4n) is 3.46. The number of halogens is 1. The Kier molecular flexibility index (Phi) is 6.14. The lowest BCUT2D eigenvalue weighted by atomic mass is 10.0. The van der Waals surface area contributed by atoms with Crippen molar-refractivity contribution in [3.8, 4) is 11.5 Å². The smallest absolute Gasteiger partial charge is 0.282 e. The lowest BCUT2D eigenvalue weighted by molar-refractivity contribution is -0.120. The SMILES string of the molecule is CCOc1cccc(N2C(=O)C(Nc3ccc(OC)cc3)=C(c3ccc(Cl)cc3)C2=O)c1. The molecule has 0 fully saturated rings. The van der Waals surface area contributed by atoms with E-state index >= 15 is 0 Å². The Labute approximate surface area is 191 Å². The first-order chi connectivity index (χ1) is 15.5. The Hall–Kier alpha value is -3.77. The number of carbonyl (C=O) groups is 2. The highest BCUT2D eigenvalue weighted by molar-refractivity contribution is 6.46. The molecule has 0 aromatic heterocycles. The maximum Gasteiger partial charge on any atom is 0.282 e. The van der Waals surface area contributed by atoms with Crippen LogP contribution < -0.4 is 19.7 Å². The van der Waals surface area contributed by atoms with Crippen molar-refractivity contribution in [3.05, 3.63) is 89.1 Å². The van der Waals surface area contributed by atoms with E-state index in [1.165, 1.54) is 0 Å². The van der Waals surface area contributed by atoms with Crippen LogP contribution in [0.15, 0.2) is 78.5 Å². The number of carbonyl (C=O) groups excluding carboxylic acids is 2. The van der Waals surface area contributed by atoms with Gasteiger partial charge in [0.2, 0.25) is 0 Å². The van der Waals surface area contributed by atoms with Crippen LogP contribution in [-0.2, 0) is 9.59 Å². The molecule has 0 aliphatic carbocycles. The molecule has 1 aliphatic rings. The van der Waals surface area contributed by atoms with E-state index in [1.807, 2.05) is 6.92 Å². The number of benzene rings is 3. The largest absolute Gasteiger partial charge is 0.497 e. The molecular formula is C25H21ClN2O4. The average Bonchev–Trinajstić information content (AvgIpc) is 3.04. The summed E-state index contributed by atoms with van der Waals surface area (Å²) in [7, 11) is 1.58. The van der Waals surface area contributed by atoms with Gasteiger partial charge >= 0.3 is 0 Å². The molecule has 2 amide bonds. The molecule has 7 heteroatoms. The number of methoxy groups -OCH3 is 1. The first kappa shape index (κ1) is 21.5. The van der Waals surface area contributed by atoms with Crippen LogP contribution in [0.3, 0.4) is 0 Å². The number of ether oxygens (including phenoxy) is 2. The van der Waals surface area contributed by atoms with Gasteiger partial charge in [0.05, 0.1) is 25.0 Å². The minimum absolute atomic E-state index is 0.185. The molecule has 0 saturated heterocycles. The van der Waals surface area contributed by atoms with Gasteiger partial charge in [0, 0.05) is 16.8 Å². The maximum atomic E-state index is 13.5. The van der Waals surface area contributed by atoms with Crippen LogP contribution >= 0.6 is 11.6 Å². The Morgan fingerprint density at radius 1 is 0.906 bits per heavy atom. The Bertz CT molecular complexity index is 1190. The van der Waals surface area contributed by atoms with Crippen LogP contribution in [0.5, 0.6) is 11.5 Å². The molecule has 0 unspecified atom stereocenters. The number of nitrogens with zero attached hydrogens (tertiary/aromatic N) is 1. The lowest BCUT2D eigenvalue weighted by Crippen LogP contribution is -2.32.